The van der Waals surface area contributed by atoms with Crippen LogP contribution in [0.25, 0.3) is 10.4 Å². The molecule has 1 amide bonds. The number of halogens is 1. The molecule has 0 radical (unpaired) electrons. The second-order valence-corrected chi connectivity index (χ2v) is 11.2. The lowest BCUT2D eigenvalue weighted by atomic mass is 9.91. The lowest BCUT2D eigenvalue weighted by Gasteiger charge is -2.32. The van der Waals surface area contributed by atoms with E-state index >= 15 is 0 Å². The van der Waals surface area contributed by atoms with Crippen molar-refractivity contribution in [1.29, 1.82) is 0 Å². The molecule has 0 spiro atoms. The van der Waals surface area contributed by atoms with Crippen molar-refractivity contribution in [2.75, 3.05) is 11.7 Å². The summed E-state index contributed by atoms with van der Waals surface area (Å²) in [5, 5.41) is 3.75. The molecule has 0 saturated heterocycles. The Morgan fingerprint density at radius 2 is 1.93 bits per heavy atom. The number of benzene rings is 1. The number of amides is 1. The van der Waals surface area contributed by atoms with E-state index in [4.69, 9.17) is 21.9 Å². The Morgan fingerprint density at radius 1 is 1.29 bits per heavy atom. The van der Waals surface area contributed by atoms with Crippen molar-refractivity contribution in [3.63, 3.8) is 0 Å². The Morgan fingerprint density at radius 3 is 2.50 bits per heavy atom. The van der Waals surface area contributed by atoms with Crippen molar-refractivity contribution in [3.8, 4) is 10.4 Å². The maximum Gasteiger partial charge on any atom is 0.296 e. The molecule has 1 aromatic heterocycles. The van der Waals surface area contributed by atoms with Crippen molar-refractivity contribution in [3.05, 3.63) is 40.2 Å². The maximum atomic E-state index is 13.7. The van der Waals surface area contributed by atoms with Gasteiger partial charge in [-0.15, -0.1) is 11.3 Å². The van der Waals surface area contributed by atoms with Crippen molar-refractivity contribution in [2.45, 2.75) is 45.2 Å². The standard InChI is InChI=1S/C20H26ClN2O3PS/c1-3-26-27(25,16-10-4-13(2)5-11-16)23-17-12-18(28-19(17)20(22)24)14-6-8-15(21)9-7-14/h6-9,12-13,16H,3-5,10-11H2,1-2H3,(H2,22,24)(H,23,25). The molecule has 5 nitrogen and oxygen atoms in total. The number of hydrogen-bond donors (Lipinski definition) is 2. The fraction of sp³-hybridized carbons (Fsp3) is 0.450. The second kappa shape index (κ2) is 9.00. The number of carbonyl (C=O) groups excluding carboxylic acids is 1. The predicted octanol–water partition coefficient (Wildman–Crippen LogP) is 6.39. The van der Waals surface area contributed by atoms with Gasteiger partial charge in [-0.05, 0) is 62.3 Å². The van der Waals surface area contributed by atoms with E-state index < -0.39 is 13.4 Å². The van der Waals surface area contributed by atoms with E-state index in [2.05, 4.69) is 12.0 Å². The number of nitrogens with two attached hydrogens (primary N) is 1. The molecule has 2 aromatic rings. The molecule has 152 valence electrons. The molecule has 1 unspecified atom stereocenters. The van der Waals surface area contributed by atoms with Crippen molar-refractivity contribution in [2.24, 2.45) is 11.7 Å². The molecular formula is C20H26ClN2O3PS. The molecule has 0 bridgehead atoms. The van der Waals surface area contributed by atoms with Gasteiger partial charge >= 0.3 is 0 Å². The Labute approximate surface area is 175 Å². The zero-order chi connectivity index (χ0) is 20.3. The van der Waals surface area contributed by atoms with Crippen LogP contribution in [0.2, 0.25) is 5.02 Å². The van der Waals surface area contributed by atoms with Gasteiger partial charge in [-0.3, -0.25) is 9.36 Å². The molecule has 8 heteroatoms. The van der Waals surface area contributed by atoms with Crippen LogP contribution < -0.4 is 10.8 Å². The van der Waals surface area contributed by atoms with Gasteiger partial charge in [0, 0.05) is 9.90 Å². The average Bonchev–Trinajstić information content (AvgIpc) is 3.06. The summed E-state index contributed by atoms with van der Waals surface area (Å²) >= 11 is 7.24. The molecular weight excluding hydrogens is 415 g/mol. The van der Waals surface area contributed by atoms with Gasteiger partial charge in [-0.2, -0.15) is 0 Å². The molecule has 1 aliphatic carbocycles. The van der Waals surface area contributed by atoms with Crippen LogP contribution in [0.5, 0.6) is 0 Å². The normalized spacial score (nSPS) is 21.8. The van der Waals surface area contributed by atoms with Crippen molar-refractivity contribution in [1.82, 2.24) is 0 Å². The Kier molecular flexibility index (Phi) is 6.87. The summed E-state index contributed by atoms with van der Waals surface area (Å²) in [5.41, 5.74) is 6.95. The molecule has 1 aliphatic rings. The molecule has 1 fully saturated rings. The molecule has 1 heterocycles. The summed E-state index contributed by atoms with van der Waals surface area (Å²) in [5.74, 6) is 0.0955. The molecule has 1 atom stereocenters. The highest BCUT2D eigenvalue weighted by Crippen LogP contribution is 2.57. The van der Waals surface area contributed by atoms with Gasteiger partial charge in [0.05, 0.1) is 18.0 Å². The van der Waals surface area contributed by atoms with E-state index in [0.29, 0.717) is 28.1 Å². The van der Waals surface area contributed by atoms with Gasteiger partial charge in [0.15, 0.2) is 0 Å². The molecule has 3 N–H and O–H groups in total. The molecule has 0 aliphatic heterocycles. The quantitative estimate of drug-likeness (QED) is 0.489. The molecule has 1 saturated carbocycles. The number of thiophene rings is 1. The van der Waals surface area contributed by atoms with Crippen LogP contribution in [0.3, 0.4) is 0 Å². The largest absolute Gasteiger partial charge is 0.365 e. The minimum Gasteiger partial charge on any atom is -0.365 e. The van der Waals surface area contributed by atoms with Crippen LogP contribution >= 0.6 is 30.5 Å². The van der Waals surface area contributed by atoms with Gasteiger partial charge in [-0.1, -0.05) is 30.7 Å². The van der Waals surface area contributed by atoms with Crippen LogP contribution in [-0.2, 0) is 9.09 Å². The topological polar surface area (TPSA) is 81.4 Å². The third-order valence-electron chi connectivity index (χ3n) is 5.15. The van der Waals surface area contributed by atoms with Crippen LogP contribution in [-0.4, -0.2) is 18.2 Å². The monoisotopic (exact) mass is 440 g/mol. The maximum absolute atomic E-state index is 13.7. The van der Waals surface area contributed by atoms with E-state index in [1.165, 1.54) is 11.3 Å². The fourth-order valence-electron chi connectivity index (χ4n) is 3.58. The summed E-state index contributed by atoms with van der Waals surface area (Å²) in [6.45, 7) is 4.40. The zero-order valence-electron chi connectivity index (χ0n) is 16.1. The van der Waals surface area contributed by atoms with Crippen molar-refractivity contribution >= 4 is 42.1 Å². The Balaban J connectivity index is 1.93. The van der Waals surface area contributed by atoms with E-state index in [9.17, 15) is 9.36 Å². The Hall–Kier alpha value is -1.33. The van der Waals surface area contributed by atoms with Crippen LogP contribution in [0, 0.1) is 5.92 Å². The highest BCUT2D eigenvalue weighted by molar-refractivity contribution is 7.61. The molecule has 3 rings (SSSR count). The SMILES string of the molecule is CCOP(=O)(Nc1cc(-c2ccc(Cl)cc2)sc1C(N)=O)C1CCC(C)CC1. The predicted molar refractivity (Wildman–Crippen MR) is 118 cm³/mol. The summed E-state index contributed by atoms with van der Waals surface area (Å²) in [7, 11) is -3.17. The number of nitrogens with one attached hydrogen (secondary N) is 1. The van der Waals surface area contributed by atoms with Gasteiger partial charge in [0.1, 0.15) is 4.88 Å². The molecule has 1 aromatic carbocycles. The third-order valence-corrected chi connectivity index (χ3v) is 9.27. The minimum absolute atomic E-state index is 0.0525. The van der Waals surface area contributed by atoms with Gasteiger partial charge < -0.3 is 15.3 Å². The summed E-state index contributed by atoms with van der Waals surface area (Å²) in [6, 6.07) is 9.18. The Bertz CT molecular complexity index is 876. The first-order chi connectivity index (χ1) is 13.3. The summed E-state index contributed by atoms with van der Waals surface area (Å²) in [6.07, 6.45) is 3.77. The van der Waals surface area contributed by atoms with Crippen LogP contribution in [0.1, 0.15) is 49.2 Å². The average molecular weight is 441 g/mol. The molecule has 28 heavy (non-hydrogen) atoms. The number of anilines is 1. The number of hydrogen-bond acceptors (Lipinski definition) is 4. The van der Waals surface area contributed by atoms with E-state index in [-0.39, 0.29) is 5.66 Å². The van der Waals surface area contributed by atoms with E-state index in [1.807, 2.05) is 25.1 Å². The van der Waals surface area contributed by atoms with Gasteiger partial charge in [0.2, 0.25) is 0 Å². The second-order valence-electron chi connectivity index (χ2n) is 7.26. The lowest BCUT2D eigenvalue weighted by molar-refractivity contribution is 0.100. The van der Waals surface area contributed by atoms with Gasteiger partial charge in [0.25, 0.3) is 13.4 Å². The van der Waals surface area contributed by atoms with Crippen molar-refractivity contribution < 1.29 is 13.9 Å². The summed E-state index contributed by atoms with van der Waals surface area (Å²) < 4.78 is 19.5. The van der Waals surface area contributed by atoms with E-state index in [1.54, 1.807) is 12.1 Å². The first-order valence-electron chi connectivity index (χ1n) is 9.54. The minimum atomic E-state index is -3.17. The highest BCUT2D eigenvalue weighted by atomic mass is 35.5. The lowest BCUT2D eigenvalue weighted by Crippen LogP contribution is -2.23. The zero-order valence-corrected chi connectivity index (χ0v) is 18.6. The van der Waals surface area contributed by atoms with Crippen LogP contribution in [0.15, 0.2) is 30.3 Å². The number of carbonyl (C=O) groups is 1. The first-order valence-corrected chi connectivity index (χ1v) is 12.4. The fourth-order valence-corrected chi connectivity index (χ4v) is 7.09. The number of rotatable bonds is 7. The third kappa shape index (κ3) is 4.80. The smallest absolute Gasteiger partial charge is 0.296 e. The highest BCUT2D eigenvalue weighted by Gasteiger charge is 2.37. The first kappa shape index (κ1) is 21.4. The van der Waals surface area contributed by atoms with Crippen LogP contribution in [0.4, 0.5) is 5.69 Å². The van der Waals surface area contributed by atoms with Gasteiger partial charge in [-0.25, -0.2) is 0 Å². The summed E-state index contributed by atoms with van der Waals surface area (Å²) in [4.78, 5) is 13.2. The number of primary amides is 1. The van der Waals surface area contributed by atoms with E-state index in [0.717, 1.165) is 36.1 Å².